The first-order valence-electron chi connectivity index (χ1n) is 7.80. The summed E-state index contributed by atoms with van der Waals surface area (Å²) in [6.07, 6.45) is 1.07. The van der Waals surface area contributed by atoms with E-state index in [1.165, 1.54) is 0 Å². The van der Waals surface area contributed by atoms with Crippen LogP contribution in [-0.4, -0.2) is 51.8 Å². The molecule has 4 nitrogen and oxygen atoms in total. The van der Waals surface area contributed by atoms with Crippen molar-refractivity contribution in [2.75, 3.05) is 38.7 Å². The van der Waals surface area contributed by atoms with Crippen LogP contribution in [0.1, 0.15) is 41.0 Å². The molecular weight excluding hydrogens is 342 g/mol. The lowest BCUT2D eigenvalue weighted by Crippen LogP contribution is -2.46. The summed E-state index contributed by atoms with van der Waals surface area (Å²) in [6.45, 7) is 14.5. The molecular formula is C13H31NO3S3Si. The molecule has 0 aliphatic heterocycles. The second-order valence-corrected chi connectivity index (χ2v) is 11.1. The van der Waals surface area contributed by atoms with Gasteiger partial charge in [-0.3, -0.25) is 0 Å². The van der Waals surface area contributed by atoms with Crippen LogP contribution in [0.3, 0.4) is 0 Å². The maximum absolute atomic E-state index is 5.85. The van der Waals surface area contributed by atoms with Gasteiger partial charge < -0.3 is 13.3 Å². The minimum atomic E-state index is -2.43. The predicted octanol–water partition coefficient (Wildman–Crippen LogP) is 4.71. The van der Waals surface area contributed by atoms with Gasteiger partial charge in [0.2, 0.25) is 0 Å². The zero-order chi connectivity index (χ0) is 16.0. The molecule has 0 aliphatic rings. The number of hydrogen-bond acceptors (Lipinski definition) is 7. The highest BCUT2D eigenvalue weighted by Crippen LogP contribution is 2.37. The van der Waals surface area contributed by atoms with Crippen molar-refractivity contribution in [1.82, 2.24) is 4.31 Å². The summed E-state index contributed by atoms with van der Waals surface area (Å²) in [4.78, 5) is 0. The molecule has 8 heteroatoms. The first-order valence-corrected chi connectivity index (χ1v) is 13.3. The van der Waals surface area contributed by atoms with Gasteiger partial charge in [-0.05, 0) is 37.0 Å². The largest absolute Gasteiger partial charge is 0.500 e. The second kappa shape index (κ2) is 14.7. The van der Waals surface area contributed by atoms with Gasteiger partial charge in [0, 0.05) is 55.7 Å². The Morgan fingerprint density at radius 3 is 1.81 bits per heavy atom. The normalized spacial score (nSPS) is 12.3. The number of nitrogens with zero attached hydrogens (tertiary/aromatic N) is 1. The van der Waals surface area contributed by atoms with Crippen molar-refractivity contribution < 1.29 is 13.3 Å². The third-order valence-electron chi connectivity index (χ3n) is 2.69. The van der Waals surface area contributed by atoms with Crippen LogP contribution in [0.2, 0.25) is 6.04 Å². The Kier molecular flexibility index (Phi) is 15.5. The first kappa shape index (κ1) is 22.1. The quantitative estimate of drug-likeness (QED) is 0.178. The molecule has 21 heavy (non-hydrogen) atoms. The van der Waals surface area contributed by atoms with E-state index in [0.717, 1.165) is 31.3 Å². The van der Waals surface area contributed by atoms with Crippen LogP contribution < -0.4 is 0 Å². The Morgan fingerprint density at radius 2 is 1.38 bits per heavy atom. The molecule has 128 valence electrons. The molecule has 0 fully saturated rings. The third-order valence-corrected chi connectivity index (χ3v) is 10.2. The second-order valence-electron chi connectivity index (χ2n) is 4.16. The summed E-state index contributed by atoms with van der Waals surface area (Å²) < 4.78 is 19.9. The van der Waals surface area contributed by atoms with Crippen LogP contribution >= 0.6 is 31.6 Å². The fourth-order valence-corrected chi connectivity index (χ4v) is 8.67. The molecule has 0 aromatic carbocycles. The van der Waals surface area contributed by atoms with Crippen molar-refractivity contribution in [3.8, 4) is 0 Å². The van der Waals surface area contributed by atoms with E-state index in [-0.39, 0.29) is 0 Å². The minimum Gasteiger partial charge on any atom is -0.374 e. The van der Waals surface area contributed by atoms with Gasteiger partial charge in [0.25, 0.3) is 0 Å². The standard InChI is InChI=1S/C13H31NO3S3Si/c1-6-14(7-2)19-20-18-12-11-13-21(15-8-3,16-9-4)17-10-5/h6-13H2,1-5H3. The topological polar surface area (TPSA) is 30.9 Å². The van der Waals surface area contributed by atoms with Crippen molar-refractivity contribution in [1.29, 1.82) is 0 Å². The average molecular weight is 374 g/mol. The number of hydrogen-bond donors (Lipinski definition) is 0. The molecule has 0 saturated heterocycles. The van der Waals surface area contributed by atoms with Gasteiger partial charge in [-0.1, -0.05) is 24.6 Å². The van der Waals surface area contributed by atoms with E-state index in [9.17, 15) is 0 Å². The van der Waals surface area contributed by atoms with Gasteiger partial charge >= 0.3 is 8.80 Å². The molecule has 0 aromatic rings. The van der Waals surface area contributed by atoms with Gasteiger partial charge in [0.1, 0.15) is 0 Å². The lowest BCUT2D eigenvalue weighted by atomic mass is 10.6. The SMILES string of the molecule is CCO[Si](CCCSSSN(CC)CC)(OCC)OCC. The van der Waals surface area contributed by atoms with Crippen LogP contribution in [0.25, 0.3) is 0 Å². The van der Waals surface area contributed by atoms with Crippen molar-refractivity contribution in [3.05, 3.63) is 0 Å². The van der Waals surface area contributed by atoms with E-state index in [2.05, 4.69) is 18.2 Å². The van der Waals surface area contributed by atoms with E-state index in [1.807, 2.05) is 52.4 Å². The molecule has 0 saturated carbocycles. The fourth-order valence-electron chi connectivity index (χ4n) is 1.78. The van der Waals surface area contributed by atoms with E-state index in [1.54, 1.807) is 0 Å². The van der Waals surface area contributed by atoms with Crippen molar-refractivity contribution in [3.63, 3.8) is 0 Å². The molecule has 0 aliphatic carbocycles. The Hall–Kier alpha value is 1.11. The molecule has 0 atom stereocenters. The first-order chi connectivity index (χ1) is 10.2. The Morgan fingerprint density at radius 1 is 0.857 bits per heavy atom. The molecule has 0 amide bonds. The lowest BCUT2D eigenvalue weighted by molar-refractivity contribution is 0.0712. The summed E-state index contributed by atoms with van der Waals surface area (Å²) in [7, 11) is 3.16. The Labute approximate surface area is 143 Å². The molecule has 0 heterocycles. The Balaban J connectivity index is 3.96. The van der Waals surface area contributed by atoms with E-state index >= 15 is 0 Å². The highest BCUT2D eigenvalue weighted by molar-refractivity contribution is 9.09. The summed E-state index contributed by atoms with van der Waals surface area (Å²) >= 11 is 0. The van der Waals surface area contributed by atoms with Gasteiger partial charge in [0.05, 0.1) is 0 Å². The molecule has 0 aromatic heterocycles. The fraction of sp³-hybridized carbons (Fsp3) is 1.00. The van der Waals surface area contributed by atoms with Crippen molar-refractivity contribution >= 4 is 40.4 Å². The molecule has 0 N–H and O–H groups in total. The third kappa shape index (κ3) is 10.5. The number of rotatable bonds is 15. The summed E-state index contributed by atoms with van der Waals surface area (Å²) in [5, 5.41) is 0. The van der Waals surface area contributed by atoms with E-state index in [4.69, 9.17) is 13.3 Å². The van der Waals surface area contributed by atoms with Gasteiger partial charge in [-0.15, -0.1) is 0 Å². The maximum atomic E-state index is 5.85. The van der Waals surface area contributed by atoms with Gasteiger partial charge in [-0.25, -0.2) is 4.31 Å². The van der Waals surface area contributed by atoms with Crippen LogP contribution in [-0.2, 0) is 13.3 Å². The maximum Gasteiger partial charge on any atom is 0.500 e. The van der Waals surface area contributed by atoms with E-state index in [0.29, 0.717) is 19.8 Å². The van der Waals surface area contributed by atoms with Crippen LogP contribution in [0.5, 0.6) is 0 Å². The Bertz CT molecular complexity index is 220. The predicted molar refractivity (Wildman–Crippen MR) is 101 cm³/mol. The highest BCUT2D eigenvalue weighted by atomic mass is 33.5. The molecule has 0 radical (unpaired) electrons. The minimum absolute atomic E-state index is 0.659. The molecule has 0 bridgehead atoms. The average Bonchev–Trinajstić information content (AvgIpc) is 2.47. The summed E-state index contributed by atoms with van der Waals surface area (Å²) in [5.41, 5.74) is 0. The van der Waals surface area contributed by atoms with Crippen LogP contribution in [0.15, 0.2) is 0 Å². The van der Waals surface area contributed by atoms with Gasteiger partial charge in [-0.2, -0.15) is 0 Å². The summed E-state index contributed by atoms with van der Waals surface area (Å²) in [6, 6.07) is 0.909. The highest BCUT2D eigenvalue weighted by Gasteiger charge is 2.39. The lowest BCUT2D eigenvalue weighted by Gasteiger charge is -2.28. The van der Waals surface area contributed by atoms with Crippen LogP contribution in [0, 0.1) is 0 Å². The van der Waals surface area contributed by atoms with Crippen molar-refractivity contribution in [2.45, 2.75) is 47.1 Å². The zero-order valence-electron chi connectivity index (χ0n) is 14.1. The summed E-state index contributed by atoms with van der Waals surface area (Å²) in [5.74, 6) is 1.10. The van der Waals surface area contributed by atoms with E-state index < -0.39 is 8.80 Å². The zero-order valence-corrected chi connectivity index (χ0v) is 17.5. The molecule has 0 spiro atoms. The van der Waals surface area contributed by atoms with Gasteiger partial charge in [0.15, 0.2) is 0 Å². The monoisotopic (exact) mass is 373 g/mol. The smallest absolute Gasteiger partial charge is 0.374 e. The van der Waals surface area contributed by atoms with Crippen LogP contribution in [0.4, 0.5) is 0 Å². The molecule has 0 rings (SSSR count). The molecule has 0 unspecified atom stereocenters. The van der Waals surface area contributed by atoms with Crippen molar-refractivity contribution in [2.24, 2.45) is 0 Å².